The first-order valence-electron chi connectivity index (χ1n) is 11.5. The summed E-state index contributed by atoms with van der Waals surface area (Å²) in [7, 11) is 0. The molecule has 2 unspecified atom stereocenters. The number of amides is 3. The zero-order chi connectivity index (χ0) is 24.4. The molecule has 4 atom stereocenters. The number of anilines is 1. The Hall–Kier alpha value is -2.84. The predicted octanol–water partition coefficient (Wildman–Crippen LogP) is 4.23. The fourth-order valence-electron chi connectivity index (χ4n) is 5.75. The molecule has 7 nitrogen and oxygen atoms in total. The topological polar surface area (TPSA) is 84.9 Å². The monoisotopic (exact) mass is 486 g/mol. The van der Waals surface area contributed by atoms with E-state index in [4.69, 9.17) is 11.6 Å². The molecule has 3 N–H and O–H groups in total. The van der Waals surface area contributed by atoms with Crippen molar-refractivity contribution in [1.29, 1.82) is 0 Å². The number of rotatable bonds is 5. The third-order valence-corrected chi connectivity index (χ3v) is 7.55. The predicted molar refractivity (Wildman–Crippen MR) is 128 cm³/mol. The molecule has 0 aromatic heterocycles. The van der Waals surface area contributed by atoms with E-state index in [9.17, 15) is 19.1 Å². The van der Waals surface area contributed by atoms with Gasteiger partial charge in [-0.3, -0.25) is 9.69 Å². The van der Waals surface area contributed by atoms with Crippen molar-refractivity contribution in [3.8, 4) is 5.75 Å². The SMILES string of the molecule is CC(C)NCCN1C(=O)N2[C@H](c3cccc(O)c3)C3Nc4cc(F)c(Cl)cc4C3C[C@@]2(C)C1=O. The summed E-state index contributed by atoms with van der Waals surface area (Å²) in [5.74, 6) is -0.870. The van der Waals surface area contributed by atoms with Gasteiger partial charge in [0.1, 0.15) is 17.1 Å². The number of nitrogens with one attached hydrogen (secondary N) is 2. The Balaban J connectivity index is 1.60. The van der Waals surface area contributed by atoms with Crippen LogP contribution in [0.25, 0.3) is 0 Å². The number of benzene rings is 2. The molecule has 0 spiro atoms. The van der Waals surface area contributed by atoms with E-state index in [1.165, 1.54) is 11.0 Å². The first kappa shape index (κ1) is 22.9. The van der Waals surface area contributed by atoms with Crippen LogP contribution in [0.4, 0.5) is 14.9 Å². The van der Waals surface area contributed by atoms with Crippen LogP contribution in [0.5, 0.6) is 5.75 Å². The number of fused-ring (bicyclic) bond motifs is 4. The van der Waals surface area contributed by atoms with Crippen molar-refractivity contribution in [1.82, 2.24) is 15.1 Å². The Bertz CT molecular complexity index is 1170. The number of phenols is 1. The van der Waals surface area contributed by atoms with Crippen LogP contribution in [0.3, 0.4) is 0 Å². The first-order valence-corrected chi connectivity index (χ1v) is 11.9. The number of phenolic OH excluding ortho intramolecular Hbond substituents is 1. The second-order valence-electron chi connectivity index (χ2n) is 9.87. The van der Waals surface area contributed by atoms with Crippen molar-refractivity contribution in [2.24, 2.45) is 0 Å². The Morgan fingerprint density at radius 2 is 2.06 bits per heavy atom. The van der Waals surface area contributed by atoms with Gasteiger partial charge in [-0.05, 0) is 48.7 Å². The van der Waals surface area contributed by atoms with Crippen molar-refractivity contribution >= 4 is 29.2 Å². The molecule has 2 aromatic carbocycles. The number of aromatic hydroxyl groups is 1. The molecule has 2 aromatic rings. The molecule has 3 aliphatic heterocycles. The zero-order valence-electron chi connectivity index (χ0n) is 19.3. The van der Waals surface area contributed by atoms with Gasteiger partial charge in [0.2, 0.25) is 0 Å². The summed E-state index contributed by atoms with van der Waals surface area (Å²) in [6.07, 6.45) is 0.383. The second-order valence-corrected chi connectivity index (χ2v) is 10.3. The van der Waals surface area contributed by atoms with Crippen LogP contribution in [-0.4, -0.2) is 57.6 Å². The molecule has 2 fully saturated rings. The molecule has 34 heavy (non-hydrogen) atoms. The quantitative estimate of drug-likeness (QED) is 0.551. The van der Waals surface area contributed by atoms with Crippen molar-refractivity contribution in [2.75, 3.05) is 18.4 Å². The van der Waals surface area contributed by atoms with E-state index in [1.807, 2.05) is 19.9 Å². The molecule has 3 aliphatic rings. The van der Waals surface area contributed by atoms with Gasteiger partial charge in [-0.2, -0.15) is 0 Å². The minimum Gasteiger partial charge on any atom is -0.508 e. The fraction of sp³-hybridized carbons (Fsp3) is 0.440. The number of urea groups is 1. The average Bonchev–Trinajstić information content (AvgIpc) is 3.19. The number of carbonyl (C=O) groups is 2. The molecule has 0 bridgehead atoms. The molecule has 5 rings (SSSR count). The van der Waals surface area contributed by atoms with Gasteiger partial charge in [0.05, 0.1) is 17.1 Å². The minimum atomic E-state index is -1.09. The summed E-state index contributed by atoms with van der Waals surface area (Å²) in [6, 6.07) is 8.75. The lowest BCUT2D eigenvalue weighted by molar-refractivity contribution is -0.135. The van der Waals surface area contributed by atoms with E-state index in [0.29, 0.717) is 24.2 Å². The Morgan fingerprint density at radius 1 is 1.29 bits per heavy atom. The highest BCUT2D eigenvalue weighted by Crippen LogP contribution is 2.56. The summed E-state index contributed by atoms with van der Waals surface area (Å²) in [4.78, 5) is 30.4. The summed E-state index contributed by atoms with van der Waals surface area (Å²) in [6.45, 7) is 6.59. The van der Waals surface area contributed by atoms with Gasteiger partial charge in [0.25, 0.3) is 5.91 Å². The summed E-state index contributed by atoms with van der Waals surface area (Å²) < 4.78 is 14.2. The van der Waals surface area contributed by atoms with E-state index in [0.717, 1.165) is 5.56 Å². The van der Waals surface area contributed by atoms with Gasteiger partial charge in [0, 0.05) is 30.7 Å². The number of carbonyl (C=O) groups excluding carboxylic acids is 2. The van der Waals surface area contributed by atoms with Gasteiger partial charge in [-0.25, -0.2) is 9.18 Å². The number of nitrogens with zero attached hydrogens (tertiary/aromatic N) is 2. The molecule has 0 radical (unpaired) electrons. The molecule has 0 saturated carbocycles. The highest BCUT2D eigenvalue weighted by molar-refractivity contribution is 6.31. The van der Waals surface area contributed by atoms with Gasteiger partial charge in [-0.15, -0.1) is 0 Å². The Labute approximate surface area is 202 Å². The molecule has 3 heterocycles. The number of hydrogen-bond donors (Lipinski definition) is 3. The third-order valence-electron chi connectivity index (χ3n) is 7.26. The second kappa shape index (κ2) is 8.13. The van der Waals surface area contributed by atoms with Crippen LogP contribution in [0.2, 0.25) is 5.02 Å². The molecule has 0 aliphatic carbocycles. The number of imide groups is 1. The van der Waals surface area contributed by atoms with Crippen molar-refractivity contribution in [2.45, 2.75) is 56.8 Å². The molecule has 180 valence electrons. The summed E-state index contributed by atoms with van der Waals surface area (Å²) >= 11 is 6.12. The van der Waals surface area contributed by atoms with Crippen LogP contribution in [0, 0.1) is 5.82 Å². The molecule has 3 amide bonds. The van der Waals surface area contributed by atoms with E-state index in [2.05, 4.69) is 10.6 Å². The van der Waals surface area contributed by atoms with Gasteiger partial charge >= 0.3 is 6.03 Å². The third kappa shape index (κ3) is 3.43. The molecular formula is C25H28ClFN4O3. The van der Waals surface area contributed by atoms with Crippen molar-refractivity contribution in [3.05, 3.63) is 58.4 Å². The number of halogens is 2. The maximum atomic E-state index is 14.2. The lowest BCUT2D eigenvalue weighted by atomic mass is 9.72. The van der Waals surface area contributed by atoms with E-state index >= 15 is 0 Å². The maximum absolute atomic E-state index is 14.2. The van der Waals surface area contributed by atoms with Gasteiger partial charge in [0.15, 0.2) is 0 Å². The number of hydrogen-bond acceptors (Lipinski definition) is 5. The lowest BCUT2D eigenvalue weighted by Crippen LogP contribution is -2.58. The Kier molecular flexibility index (Phi) is 5.48. The summed E-state index contributed by atoms with van der Waals surface area (Å²) in [5, 5.41) is 16.9. The minimum absolute atomic E-state index is 0.0258. The molecule has 2 saturated heterocycles. The summed E-state index contributed by atoms with van der Waals surface area (Å²) in [5.41, 5.74) is 1.07. The largest absolute Gasteiger partial charge is 0.508 e. The lowest BCUT2D eigenvalue weighted by Gasteiger charge is -2.48. The average molecular weight is 487 g/mol. The molecular weight excluding hydrogens is 459 g/mol. The highest BCUT2D eigenvalue weighted by atomic mass is 35.5. The van der Waals surface area contributed by atoms with Gasteiger partial charge < -0.3 is 20.6 Å². The van der Waals surface area contributed by atoms with Crippen LogP contribution in [0.15, 0.2) is 36.4 Å². The van der Waals surface area contributed by atoms with E-state index in [1.54, 1.807) is 36.1 Å². The van der Waals surface area contributed by atoms with Crippen LogP contribution >= 0.6 is 11.6 Å². The normalized spacial score (nSPS) is 27.6. The molecule has 9 heteroatoms. The van der Waals surface area contributed by atoms with Crippen LogP contribution in [0.1, 0.15) is 50.3 Å². The smallest absolute Gasteiger partial charge is 0.328 e. The zero-order valence-corrected chi connectivity index (χ0v) is 20.1. The van der Waals surface area contributed by atoms with E-state index in [-0.39, 0.29) is 47.3 Å². The van der Waals surface area contributed by atoms with Crippen LogP contribution in [-0.2, 0) is 4.79 Å². The standard InChI is InChI=1S/C25H28ClFN4O3/c1-13(2)28-7-8-30-23(33)25(3)12-17-16-10-18(26)19(27)11-20(16)29-21(17)22(31(25)24(30)34)14-5-4-6-15(32)9-14/h4-6,9-11,13,17,21-22,28-29,32H,7-8,12H2,1-3H3/t17?,21?,22-,25+/m1/s1. The van der Waals surface area contributed by atoms with Crippen molar-refractivity contribution in [3.63, 3.8) is 0 Å². The van der Waals surface area contributed by atoms with Crippen LogP contribution < -0.4 is 10.6 Å². The first-order chi connectivity index (χ1) is 16.1. The van der Waals surface area contributed by atoms with Gasteiger partial charge in [-0.1, -0.05) is 37.6 Å². The maximum Gasteiger partial charge on any atom is 0.328 e. The highest BCUT2D eigenvalue weighted by Gasteiger charge is 2.63. The number of piperidine rings is 1. The van der Waals surface area contributed by atoms with Crippen molar-refractivity contribution < 1.29 is 19.1 Å². The van der Waals surface area contributed by atoms with E-state index < -0.39 is 17.4 Å². The fourth-order valence-corrected chi connectivity index (χ4v) is 5.93. The Morgan fingerprint density at radius 3 is 2.76 bits per heavy atom.